The summed E-state index contributed by atoms with van der Waals surface area (Å²) in [6, 6.07) is 6.48. The summed E-state index contributed by atoms with van der Waals surface area (Å²) in [4.78, 5) is 30.8. The summed E-state index contributed by atoms with van der Waals surface area (Å²) in [6.07, 6.45) is 4.01. The van der Waals surface area contributed by atoms with Gasteiger partial charge in [-0.15, -0.1) is 0 Å². The van der Waals surface area contributed by atoms with E-state index >= 15 is 0 Å². The van der Waals surface area contributed by atoms with E-state index in [1.807, 2.05) is 6.92 Å². The molecule has 0 unspecified atom stereocenters. The van der Waals surface area contributed by atoms with Crippen molar-refractivity contribution < 1.29 is 0 Å². The smallest absolute Gasteiger partial charge is 0.252 e. The molecule has 30 heavy (non-hydrogen) atoms. The number of hydrogen-bond donors (Lipinski definition) is 2. The van der Waals surface area contributed by atoms with Crippen molar-refractivity contribution in [3.8, 4) is 11.3 Å². The van der Waals surface area contributed by atoms with Crippen LogP contribution in [0.2, 0.25) is 10.0 Å². The van der Waals surface area contributed by atoms with Crippen LogP contribution in [0.1, 0.15) is 25.5 Å². The average Bonchev–Trinajstić information content (AvgIpc) is 2.70. The summed E-state index contributed by atoms with van der Waals surface area (Å²) in [6.45, 7) is 6.09. The Labute approximate surface area is 184 Å². The lowest BCUT2D eigenvalue weighted by molar-refractivity contribution is 0.434. The van der Waals surface area contributed by atoms with E-state index in [2.05, 4.69) is 37.1 Å². The molecule has 1 saturated heterocycles. The van der Waals surface area contributed by atoms with Gasteiger partial charge < -0.3 is 10.2 Å². The number of aryl methyl sites for hydroxylation is 1. The Balaban J connectivity index is 1.61. The minimum absolute atomic E-state index is 0.273. The van der Waals surface area contributed by atoms with Gasteiger partial charge in [0, 0.05) is 35.9 Å². The highest BCUT2D eigenvalue weighted by atomic mass is 35.5. The number of benzene rings is 1. The second-order valence-corrected chi connectivity index (χ2v) is 8.41. The van der Waals surface area contributed by atoms with Gasteiger partial charge in [-0.1, -0.05) is 30.1 Å². The standard InChI is InChI=1S/C21H22Cl2N6O/c1-12-5-7-29(8-6-12)21-24-11-15(13(2)25-21)18-10-19(30)28-20(27-18)26-17-4-3-14(22)9-16(17)23/h3-4,9-12H,5-8H2,1-2H3,(H2,26,27,28,30). The molecule has 0 amide bonds. The van der Waals surface area contributed by atoms with Gasteiger partial charge in [0.15, 0.2) is 0 Å². The van der Waals surface area contributed by atoms with Crippen LogP contribution in [0.15, 0.2) is 35.3 Å². The highest BCUT2D eigenvalue weighted by Crippen LogP contribution is 2.28. The number of anilines is 3. The highest BCUT2D eigenvalue weighted by molar-refractivity contribution is 6.36. The first-order valence-corrected chi connectivity index (χ1v) is 10.6. The van der Waals surface area contributed by atoms with Crippen molar-refractivity contribution in [2.75, 3.05) is 23.3 Å². The predicted octanol–water partition coefficient (Wildman–Crippen LogP) is 4.82. The summed E-state index contributed by atoms with van der Waals surface area (Å²) >= 11 is 12.2. The highest BCUT2D eigenvalue weighted by Gasteiger charge is 2.19. The van der Waals surface area contributed by atoms with E-state index in [1.54, 1.807) is 24.4 Å². The van der Waals surface area contributed by atoms with E-state index in [0.717, 1.165) is 43.5 Å². The van der Waals surface area contributed by atoms with Gasteiger partial charge in [-0.2, -0.15) is 0 Å². The SMILES string of the molecule is Cc1nc(N2CCC(C)CC2)ncc1-c1cc(=O)[nH]c(Nc2ccc(Cl)cc2Cl)n1. The third-order valence-corrected chi connectivity index (χ3v) is 5.78. The lowest BCUT2D eigenvalue weighted by atomic mass is 10.00. The zero-order valence-corrected chi connectivity index (χ0v) is 18.3. The predicted molar refractivity (Wildman–Crippen MR) is 121 cm³/mol. The Morgan fingerprint density at radius 3 is 2.63 bits per heavy atom. The summed E-state index contributed by atoms with van der Waals surface area (Å²) in [5, 5.41) is 3.98. The molecular formula is C21H22Cl2N6O. The van der Waals surface area contributed by atoms with Gasteiger partial charge in [0.2, 0.25) is 11.9 Å². The molecule has 0 spiro atoms. The maximum atomic E-state index is 12.2. The first-order valence-electron chi connectivity index (χ1n) is 9.81. The van der Waals surface area contributed by atoms with Crippen molar-refractivity contribution >= 4 is 40.8 Å². The van der Waals surface area contributed by atoms with Crippen LogP contribution in [0, 0.1) is 12.8 Å². The number of H-pyrrole nitrogens is 1. The molecule has 1 fully saturated rings. The number of nitrogens with zero attached hydrogens (tertiary/aromatic N) is 4. The average molecular weight is 445 g/mol. The first kappa shape index (κ1) is 20.6. The fourth-order valence-corrected chi connectivity index (χ4v) is 3.90. The van der Waals surface area contributed by atoms with E-state index in [0.29, 0.717) is 27.0 Å². The normalized spacial score (nSPS) is 14.7. The molecule has 1 aromatic carbocycles. The molecular weight excluding hydrogens is 423 g/mol. The fourth-order valence-electron chi connectivity index (χ4n) is 3.44. The zero-order chi connectivity index (χ0) is 21.3. The van der Waals surface area contributed by atoms with Crippen molar-refractivity contribution in [1.82, 2.24) is 19.9 Å². The van der Waals surface area contributed by atoms with Gasteiger partial charge in [-0.05, 0) is 43.9 Å². The maximum absolute atomic E-state index is 12.2. The fraction of sp³-hybridized carbons (Fsp3) is 0.333. The summed E-state index contributed by atoms with van der Waals surface area (Å²) in [5.74, 6) is 1.73. The van der Waals surface area contributed by atoms with Gasteiger partial charge in [0.1, 0.15) is 0 Å². The van der Waals surface area contributed by atoms with E-state index in [-0.39, 0.29) is 11.5 Å². The van der Waals surface area contributed by atoms with Gasteiger partial charge >= 0.3 is 0 Å². The maximum Gasteiger partial charge on any atom is 0.252 e. The van der Waals surface area contributed by atoms with Gasteiger partial charge in [0.25, 0.3) is 5.56 Å². The molecule has 1 aliphatic rings. The molecule has 0 radical (unpaired) electrons. The zero-order valence-electron chi connectivity index (χ0n) is 16.7. The molecule has 3 heterocycles. The van der Waals surface area contributed by atoms with Crippen LogP contribution < -0.4 is 15.8 Å². The lowest BCUT2D eigenvalue weighted by Crippen LogP contribution is -2.34. The van der Waals surface area contributed by atoms with Crippen LogP contribution in [0.4, 0.5) is 17.6 Å². The van der Waals surface area contributed by atoms with E-state index < -0.39 is 0 Å². The number of rotatable bonds is 4. The Hall–Kier alpha value is -2.64. The molecule has 0 saturated carbocycles. The number of piperidine rings is 1. The minimum atomic E-state index is -0.291. The second kappa shape index (κ2) is 8.62. The topological polar surface area (TPSA) is 86.8 Å². The molecule has 0 bridgehead atoms. The van der Waals surface area contributed by atoms with Crippen LogP contribution >= 0.6 is 23.2 Å². The van der Waals surface area contributed by atoms with Crippen molar-refractivity contribution in [3.63, 3.8) is 0 Å². The molecule has 9 heteroatoms. The molecule has 0 aliphatic carbocycles. The Morgan fingerprint density at radius 2 is 1.93 bits per heavy atom. The van der Waals surface area contributed by atoms with Crippen LogP contribution in [-0.4, -0.2) is 33.0 Å². The van der Waals surface area contributed by atoms with Crippen LogP contribution in [0.3, 0.4) is 0 Å². The molecule has 3 aromatic rings. The lowest BCUT2D eigenvalue weighted by Gasteiger charge is -2.30. The third kappa shape index (κ3) is 4.57. The van der Waals surface area contributed by atoms with Crippen LogP contribution in [0.25, 0.3) is 11.3 Å². The quantitative estimate of drug-likeness (QED) is 0.599. The Bertz CT molecular complexity index is 1120. The van der Waals surface area contributed by atoms with E-state index in [4.69, 9.17) is 23.2 Å². The first-order chi connectivity index (χ1) is 14.4. The second-order valence-electron chi connectivity index (χ2n) is 7.57. The number of aromatic nitrogens is 4. The van der Waals surface area contributed by atoms with Crippen molar-refractivity contribution in [2.24, 2.45) is 5.92 Å². The van der Waals surface area contributed by atoms with Gasteiger partial charge in [0.05, 0.1) is 22.1 Å². The Morgan fingerprint density at radius 1 is 1.17 bits per heavy atom. The van der Waals surface area contributed by atoms with E-state index in [1.165, 1.54) is 6.07 Å². The van der Waals surface area contributed by atoms with Crippen molar-refractivity contribution in [1.29, 1.82) is 0 Å². The largest absolute Gasteiger partial charge is 0.341 e. The van der Waals surface area contributed by atoms with Gasteiger partial charge in [-0.3, -0.25) is 9.78 Å². The molecule has 1 aliphatic heterocycles. The van der Waals surface area contributed by atoms with Gasteiger partial charge in [-0.25, -0.2) is 15.0 Å². The molecule has 156 valence electrons. The summed E-state index contributed by atoms with van der Waals surface area (Å²) in [7, 11) is 0. The minimum Gasteiger partial charge on any atom is -0.341 e. The number of nitrogens with one attached hydrogen (secondary N) is 2. The van der Waals surface area contributed by atoms with Crippen LogP contribution in [-0.2, 0) is 0 Å². The number of hydrogen-bond acceptors (Lipinski definition) is 6. The molecule has 7 nitrogen and oxygen atoms in total. The third-order valence-electron chi connectivity index (χ3n) is 5.23. The molecule has 4 rings (SSSR count). The van der Waals surface area contributed by atoms with Crippen LogP contribution in [0.5, 0.6) is 0 Å². The number of aromatic amines is 1. The summed E-state index contributed by atoms with van der Waals surface area (Å²) in [5.41, 5.74) is 2.26. The summed E-state index contributed by atoms with van der Waals surface area (Å²) < 4.78 is 0. The number of halogens is 2. The van der Waals surface area contributed by atoms with Crippen molar-refractivity contribution in [2.45, 2.75) is 26.7 Å². The monoisotopic (exact) mass is 444 g/mol. The van der Waals surface area contributed by atoms with Crippen molar-refractivity contribution in [3.05, 3.63) is 56.6 Å². The molecule has 2 aromatic heterocycles. The molecule has 2 N–H and O–H groups in total. The Kier molecular flexibility index (Phi) is 5.92. The van der Waals surface area contributed by atoms with E-state index in [9.17, 15) is 4.79 Å². The molecule has 0 atom stereocenters.